The SMILES string of the molecule is CNCCCCCCC=CC(=O)[C@H](Cc1ccc(O)c(OC)c1)c1ccc2ccc(O)cc2c1. The number of benzene rings is 3. The van der Waals surface area contributed by atoms with E-state index in [0.29, 0.717) is 12.2 Å². The highest BCUT2D eigenvalue weighted by Crippen LogP contribution is 2.31. The number of nitrogens with one attached hydrogen (secondary N) is 1. The van der Waals surface area contributed by atoms with Gasteiger partial charge >= 0.3 is 0 Å². The van der Waals surface area contributed by atoms with Crippen molar-refractivity contribution in [3.05, 3.63) is 77.9 Å². The summed E-state index contributed by atoms with van der Waals surface area (Å²) in [5, 5.41) is 24.9. The molecule has 0 unspecified atom stereocenters. The van der Waals surface area contributed by atoms with Gasteiger partial charge < -0.3 is 20.3 Å². The second-order valence-electron chi connectivity index (χ2n) is 8.66. The Morgan fingerprint density at radius 1 is 0.971 bits per heavy atom. The van der Waals surface area contributed by atoms with Crippen molar-refractivity contribution in [3.63, 3.8) is 0 Å². The molecule has 5 heteroatoms. The molecule has 0 saturated heterocycles. The molecule has 3 N–H and O–H groups in total. The Bertz CT molecular complexity index is 1120. The first kappa shape index (κ1) is 25.3. The van der Waals surface area contributed by atoms with Crippen LogP contribution < -0.4 is 10.1 Å². The van der Waals surface area contributed by atoms with E-state index < -0.39 is 0 Å². The van der Waals surface area contributed by atoms with E-state index in [1.807, 2.05) is 43.5 Å². The highest BCUT2D eigenvalue weighted by atomic mass is 16.5. The van der Waals surface area contributed by atoms with Gasteiger partial charge in [0.15, 0.2) is 17.3 Å². The third-order valence-electron chi connectivity index (χ3n) is 6.11. The summed E-state index contributed by atoms with van der Waals surface area (Å²) < 4.78 is 5.25. The van der Waals surface area contributed by atoms with E-state index in [2.05, 4.69) is 5.32 Å². The molecular weight excluding hydrogens is 426 g/mol. The molecule has 0 amide bonds. The lowest BCUT2D eigenvalue weighted by Gasteiger charge is -2.17. The average Bonchev–Trinajstić information content (AvgIpc) is 2.84. The predicted molar refractivity (Wildman–Crippen MR) is 138 cm³/mol. The smallest absolute Gasteiger partial charge is 0.163 e. The van der Waals surface area contributed by atoms with Gasteiger partial charge in [0.1, 0.15) is 5.75 Å². The van der Waals surface area contributed by atoms with E-state index in [9.17, 15) is 15.0 Å². The van der Waals surface area contributed by atoms with Crippen LogP contribution in [0.5, 0.6) is 17.2 Å². The van der Waals surface area contributed by atoms with Gasteiger partial charge in [0.2, 0.25) is 0 Å². The summed E-state index contributed by atoms with van der Waals surface area (Å²) in [5.41, 5.74) is 1.80. The second kappa shape index (κ2) is 12.8. The van der Waals surface area contributed by atoms with Crippen molar-refractivity contribution < 1.29 is 19.7 Å². The number of rotatable bonds is 13. The second-order valence-corrected chi connectivity index (χ2v) is 8.66. The number of phenolic OH excluding ortho intramolecular Hbond substituents is 2. The fraction of sp³-hybridized carbons (Fsp3) is 0.345. The molecule has 0 aliphatic heterocycles. The van der Waals surface area contributed by atoms with E-state index in [1.165, 1.54) is 20.0 Å². The summed E-state index contributed by atoms with van der Waals surface area (Å²) in [7, 11) is 3.48. The quantitative estimate of drug-likeness (QED) is 0.219. The Morgan fingerprint density at radius 2 is 1.76 bits per heavy atom. The summed E-state index contributed by atoms with van der Waals surface area (Å²) in [6.45, 7) is 1.04. The van der Waals surface area contributed by atoms with Crippen LogP contribution in [0.15, 0.2) is 66.7 Å². The third kappa shape index (κ3) is 7.09. The van der Waals surface area contributed by atoms with Gasteiger partial charge in [-0.1, -0.05) is 49.2 Å². The minimum Gasteiger partial charge on any atom is -0.508 e. The first-order valence-corrected chi connectivity index (χ1v) is 12.0. The van der Waals surface area contributed by atoms with Crippen LogP contribution in [0.4, 0.5) is 0 Å². The molecule has 5 nitrogen and oxygen atoms in total. The van der Waals surface area contributed by atoms with Crippen molar-refractivity contribution in [1.29, 1.82) is 0 Å². The van der Waals surface area contributed by atoms with Crippen LogP contribution in [0, 0.1) is 0 Å². The normalized spacial score (nSPS) is 12.3. The number of methoxy groups -OCH3 is 1. The Morgan fingerprint density at radius 3 is 2.56 bits per heavy atom. The Labute approximate surface area is 202 Å². The number of phenols is 2. The van der Waals surface area contributed by atoms with Gasteiger partial charge in [-0.3, -0.25) is 4.79 Å². The van der Waals surface area contributed by atoms with Crippen LogP contribution in [-0.4, -0.2) is 36.7 Å². The first-order valence-electron chi connectivity index (χ1n) is 12.0. The Hall–Kier alpha value is -3.31. The van der Waals surface area contributed by atoms with Crippen molar-refractivity contribution in [3.8, 4) is 17.2 Å². The lowest BCUT2D eigenvalue weighted by atomic mass is 9.87. The molecule has 0 saturated carbocycles. The summed E-state index contributed by atoms with van der Waals surface area (Å²) >= 11 is 0. The zero-order valence-electron chi connectivity index (χ0n) is 20.1. The molecule has 0 fully saturated rings. The number of ketones is 1. The monoisotopic (exact) mass is 461 g/mol. The number of carbonyl (C=O) groups is 1. The molecule has 1 atom stereocenters. The van der Waals surface area contributed by atoms with E-state index >= 15 is 0 Å². The maximum atomic E-state index is 13.3. The molecular formula is C29H35NO4. The number of fused-ring (bicyclic) bond motifs is 1. The maximum Gasteiger partial charge on any atom is 0.163 e. The zero-order chi connectivity index (χ0) is 24.3. The molecule has 3 aromatic carbocycles. The van der Waals surface area contributed by atoms with Crippen molar-refractivity contribution >= 4 is 16.6 Å². The lowest BCUT2D eigenvalue weighted by molar-refractivity contribution is -0.116. The largest absolute Gasteiger partial charge is 0.508 e. The van der Waals surface area contributed by atoms with Gasteiger partial charge in [0.05, 0.1) is 13.0 Å². The van der Waals surface area contributed by atoms with E-state index in [0.717, 1.165) is 47.7 Å². The van der Waals surface area contributed by atoms with Gasteiger partial charge in [-0.2, -0.15) is 0 Å². The number of aromatic hydroxyl groups is 2. The van der Waals surface area contributed by atoms with Crippen molar-refractivity contribution in [1.82, 2.24) is 5.32 Å². The molecule has 0 aliphatic carbocycles. The van der Waals surface area contributed by atoms with Gasteiger partial charge in [-0.05, 0) is 91.5 Å². The topological polar surface area (TPSA) is 78.8 Å². The van der Waals surface area contributed by atoms with Gasteiger partial charge in [0, 0.05) is 0 Å². The maximum absolute atomic E-state index is 13.3. The molecule has 180 valence electrons. The summed E-state index contributed by atoms with van der Waals surface area (Å²) in [6.07, 6.45) is 9.66. The van der Waals surface area contributed by atoms with E-state index in [-0.39, 0.29) is 23.2 Å². The molecule has 0 aliphatic rings. The lowest BCUT2D eigenvalue weighted by Crippen LogP contribution is -2.13. The fourth-order valence-electron chi connectivity index (χ4n) is 4.17. The third-order valence-corrected chi connectivity index (χ3v) is 6.11. The van der Waals surface area contributed by atoms with Crippen LogP contribution in [0.3, 0.4) is 0 Å². The summed E-state index contributed by atoms with van der Waals surface area (Å²) in [5.74, 6) is 0.325. The van der Waals surface area contributed by atoms with Crippen molar-refractivity contribution in [2.24, 2.45) is 0 Å². The van der Waals surface area contributed by atoms with E-state index in [1.54, 1.807) is 30.3 Å². The van der Waals surface area contributed by atoms with Crippen LogP contribution >= 0.6 is 0 Å². The van der Waals surface area contributed by atoms with Crippen LogP contribution in [0.25, 0.3) is 10.8 Å². The molecule has 0 heterocycles. The van der Waals surface area contributed by atoms with Crippen molar-refractivity contribution in [2.45, 2.75) is 44.4 Å². The number of ether oxygens (including phenoxy) is 1. The van der Waals surface area contributed by atoms with Crippen LogP contribution in [-0.2, 0) is 11.2 Å². The average molecular weight is 462 g/mol. The number of allylic oxidation sites excluding steroid dienone is 2. The number of hydrogen-bond acceptors (Lipinski definition) is 5. The van der Waals surface area contributed by atoms with Crippen LogP contribution in [0.1, 0.15) is 49.1 Å². The molecule has 34 heavy (non-hydrogen) atoms. The Balaban J connectivity index is 1.79. The molecule has 3 rings (SSSR count). The molecule has 0 radical (unpaired) electrons. The first-order chi connectivity index (χ1) is 16.5. The number of carbonyl (C=O) groups excluding carboxylic acids is 1. The minimum absolute atomic E-state index is 0.0433. The minimum atomic E-state index is -0.382. The Kier molecular flexibility index (Phi) is 9.53. The summed E-state index contributed by atoms with van der Waals surface area (Å²) in [6, 6.07) is 16.4. The van der Waals surface area contributed by atoms with Gasteiger partial charge in [-0.15, -0.1) is 0 Å². The molecule has 3 aromatic rings. The number of hydrogen-bond donors (Lipinski definition) is 3. The van der Waals surface area contributed by atoms with Gasteiger partial charge in [-0.25, -0.2) is 0 Å². The zero-order valence-corrected chi connectivity index (χ0v) is 20.1. The fourth-order valence-corrected chi connectivity index (χ4v) is 4.17. The van der Waals surface area contributed by atoms with Gasteiger partial charge in [0.25, 0.3) is 0 Å². The molecule has 0 bridgehead atoms. The van der Waals surface area contributed by atoms with Crippen LogP contribution in [0.2, 0.25) is 0 Å². The molecule has 0 spiro atoms. The molecule has 0 aromatic heterocycles. The predicted octanol–water partition coefficient (Wildman–Crippen LogP) is 5.88. The standard InChI is InChI=1S/C29H35NO4/c1-30-16-8-6-4-3-5-7-9-27(32)26(17-21-10-15-28(33)29(18-21)34-2)23-12-11-22-13-14-25(31)20-24(22)19-23/h7,9-15,18-20,26,30-31,33H,3-6,8,16-17H2,1-2H3/t26-/m1/s1. The number of unbranched alkanes of at least 4 members (excludes halogenated alkanes) is 4. The van der Waals surface area contributed by atoms with E-state index in [4.69, 9.17) is 4.74 Å². The van der Waals surface area contributed by atoms with Crippen molar-refractivity contribution in [2.75, 3.05) is 20.7 Å². The highest BCUT2D eigenvalue weighted by Gasteiger charge is 2.20. The highest BCUT2D eigenvalue weighted by molar-refractivity contribution is 5.96. The summed E-state index contributed by atoms with van der Waals surface area (Å²) in [4.78, 5) is 13.3.